The third-order valence-electron chi connectivity index (χ3n) is 0.756. The molecule has 0 amide bonds. The van der Waals surface area contributed by atoms with Crippen LogP contribution >= 0.6 is 0 Å². The van der Waals surface area contributed by atoms with Gasteiger partial charge in [-0.15, -0.1) is 0 Å². The molecule has 8 heavy (non-hydrogen) atoms. The number of rotatable bonds is 0. The maximum Gasteiger partial charge on any atom is 4.00 e. The van der Waals surface area contributed by atoms with Crippen molar-refractivity contribution in [2.24, 2.45) is 0 Å². The quantitative estimate of drug-likeness (QED) is 0.545. The van der Waals surface area contributed by atoms with Crippen LogP contribution in [0.1, 0.15) is 1.43 Å². The molecule has 0 aliphatic carbocycles. The second-order valence-electron chi connectivity index (χ2n) is 1.34. The molecule has 1 aromatic carbocycles. The van der Waals surface area contributed by atoms with Crippen molar-refractivity contribution in [2.45, 2.75) is 0 Å². The average Bonchev–Trinajstić information content (AvgIpc) is 1.69. The number of phenols is 1. The first-order valence-electron chi connectivity index (χ1n) is 2.13. The van der Waals surface area contributed by atoms with Crippen LogP contribution in [0.2, 0.25) is 0 Å². The van der Waals surface area contributed by atoms with Gasteiger partial charge in [-0.3, -0.25) is 0 Å². The van der Waals surface area contributed by atoms with Crippen LogP contribution in [0.3, 0.4) is 0 Å². The van der Waals surface area contributed by atoms with Crippen molar-refractivity contribution >= 4 is 0 Å². The predicted octanol–water partition coefficient (Wildman–Crippen LogP) is 1.50. The molecule has 38 valence electrons. The third kappa shape index (κ3) is 2.15. The molecular weight excluding hydrogens is 136 g/mol. The van der Waals surface area contributed by atoms with Gasteiger partial charge in [0.25, 0.3) is 0 Å². The molecule has 0 heterocycles. The van der Waals surface area contributed by atoms with Gasteiger partial charge < -0.3 is 6.53 Å². The Labute approximate surface area is 64.7 Å². The molecule has 0 aliphatic heterocycles. The van der Waals surface area contributed by atoms with Gasteiger partial charge in [-0.1, -0.05) is 18.2 Å². The summed E-state index contributed by atoms with van der Waals surface area (Å²) in [6.45, 7) is 0. The second kappa shape index (κ2) is 3.70. The molecule has 0 aliphatic rings. The van der Waals surface area contributed by atoms with Crippen LogP contribution in [-0.4, -0.2) is 5.11 Å². The van der Waals surface area contributed by atoms with Crippen LogP contribution < -0.4 is 0 Å². The molecule has 0 aromatic heterocycles. The topological polar surface area (TPSA) is 20.2 Å². The maximum absolute atomic E-state index is 8.63. The Kier molecular flexibility index (Phi) is 3.58. The van der Waals surface area contributed by atoms with E-state index in [0.717, 1.165) is 0 Å². The van der Waals surface area contributed by atoms with Crippen molar-refractivity contribution in [2.75, 3.05) is 0 Å². The summed E-state index contributed by atoms with van der Waals surface area (Å²) < 4.78 is 0. The summed E-state index contributed by atoms with van der Waals surface area (Å²) in [5, 5.41) is 8.63. The van der Waals surface area contributed by atoms with Crippen LogP contribution in [-0.2, 0) is 21.7 Å². The molecule has 0 spiro atoms. The van der Waals surface area contributed by atoms with E-state index in [1.54, 1.807) is 24.3 Å². The smallest absolute Gasteiger partial charge is 1.00 e. The van der Waals surface area contributed by atoms with E-state index in [1.807, 2.05) is 6.07 Å². The SMILES string of the molecule is Oc1ccccc1.[H-].[Ti+4]. The number of para-hydroxylation sites is 1. The van der Waals surface area contributed by atoms with Gasteiger partial charge >= 0.3 is 21.7 Å². The molecule has 0 atom stereocenters. The maximum atomic E-state index is 8.63. The second-order valence-corrected chi connectivity index (χ2v) is 1.34. The summed E-state index contributed by atoms with van der Waals surface area (Å²) in [6.07, 6.45) is 0. The predicted molar refractivity (Wildman–Crippen MR) is 29.2 cm³/mol. The Hall–Kier alpha value is -0.266. The van der Waals surface area contributed by atoms with Crippen molar-refractivity contribution in [3.05, 3.63) is 30.3 Å². The van der Waals surface area contributed by atoms with Gasteiger partial charge in [0, 0.05) is 0 Å². The fourth-order valence-corrected chi connectivity index (χ4v) is 0.428. The van der Waals surface area contributed by atoms with Crippen LogP contribution in [0.25, 0.3) is 0 Å². The molecule has 1 N–H and O–H groups in total. The summed E-state index contributed by atoms with van der Waals surface area (Å²) in [6, 6.07) is 8.71. The van der Waals surface area contributed by atoms with Crippen molar-refractivity contribution < 1.29 is 28.3 Å². The number of benzene rings is 1. The number of hydrogen-bond acceptors (Lipinski definition) is 1. The third-order valence-corrected chi connectivity index (χ3v) is 0.756. The monoisotopic (exact) mass is 143 g/mol. The Morgan fingerprint density at radius 3 is 1.88 bits per heavy atom. The first-order chi connectivity index (χ1) is 3.39. The molecule has 2 heteroatoms. The number of phenolic OH excluding ortho intramolecular Hbond substituents is 1. The van der Waals surface area contributed by atoms with Crippen LogP contribution in [0.4, 0.5) is 0 Å². The van der Waals surface area contributed by atoms with E-state index in [0.29, 0.717) is 5.75 Å². The minimum atomic E-state index is 0. The first-order valence-corrected chi connectivity index (χ1v) is 2.13. The summed E-state index contributed by atoms with van der Waals surface area (Å²) >= 11 is 0. The van der Waals surface area contributed by atoms with Crippen molar-refractivity contribution in [1.29, 1.82) is 0 Å². The molecule has 0 bridgehead atoms. The van der Waals surface area contributed by atoms with Crippen molar-refractivity contribution in [1.82, 2.24) is 0 Å². The van der Waals surface area contributed by atoms with Gasteiger partial charge in [-0.2, -0.15) is 0 Å². The van der Waals surface area contributed by atoms with Crippen molar-refractivity contribution in [3.8, 4) is 5.75 Å². The zero-order valence-electron chi connectivity index (χ0n) is 5.33. The summed E-state index contributed by atoms with van der Waals surface area (Å²) in [4.78, 5) is 0. The fourth-order valence-electron chi connectivity index (χ4n) is 0.428. The van der Waals surface area contributed by atoms with Gasteiger partial charge in [-0.25, -0.2) is 0 Å². The van der Waals surface area contributed by atoms with Crippen LogP contribution in [0.5, 0.6) is 5.75 Å². The molecule has 0 saturated heterocycles. The van der Waals surface area contributed by atoms with Gasteiger partial charge in [0.15, 0.2) is 0 Å². The average molecular weight is 143 g/mol. The Balaban J connectivity index is 0. The van der Waals surface area contributed by atoms with E-state index in [1.165, 1.54) is 0 Å². The number of aromatic hydroxyl groups is 1. The summed E-state index contributed by atoms with van der Waals surface area (Å²) in [7, 11) is 0. The van der Waals surface area contributed by atoms with Gasteiger partial charge in [0.05, 0.1) is 0 Å². The zero-order chi connectivity index (χ0) is 5.11. The molecule has 1 rings (SSSR count). The van der Waals surface area contributed by atoms with Crippen LogP contribution in [0.15, 0.2) is 30.3 Å². The first kappa shape index (κ1) is 7.73. The molecule has 1 aromatic rings. The zero-order valence-corrected chi connectivity index (χ0v) is 5.90. The van der Waals surface area contributed by atoms with E-state index < -0.39 is 0 Å². The molecule has 1 nitrogen and oxygen atoms in total. The standard InChI is InChI=1S/C6H6O.Ti.H/c7-6-4-2-1-3-5-6;;/h1-5,7H;;/q;+4;-1. The minimum absolute atomic E-state index is 0. The Morgan fingerprint density at radius 2 is 1.62 bits per heavy atom. The van der Waals surface area contributed by atoms with Crippen LogP contribution in [0, 0.1) is 0 Å². The van der Waals surface area contributed by atoms with Gasteiger partial charge in [0.2, 0.25) is 0 Å². The largest absolute Gasteiger partial charge is 4.00 e. The van der Waals surface area contributed by atoms with E-state index >= 15 is 0 Å². The van der Waals surface area contributed by atoms with E-state index in [9.17, 15) is 0 Å². The molecule has 0 radical (unpaired) electrons. The minimum Gasteiger partial charge on any atom is -1.00 e. The molecule has 0 saturated carbocycles. The normalized spacial score (nSPS) is 7.50. The van der Waals surface area contributed by atoms with Gasteiger partial charge in [0.1, 0.15) is 5.75 Å². The van der Waals surface area contributed by atoms with E-state index in [-0.39, 0.29) is 23.1 Å². The number of hydrogen-bond donors (Lipinski definition) is 1. The molecule has 0 fully saturated rings. The van der Waals surface area contributed by atoms with Gasteiger partial charge in [-0.05, 0) is 12.1 Å². The Bertz CT molecular complexity index is 143. The van der Waals surface area contributed by atoms with E-state index in [2.05, 4.69) is 0 Å². The van der Waals surface area contributed by atoms with Crippen molar-refractivity contribution in [3.63, 3.8) is 0 Å². The van der Waals surface area contributed by atoms with E-state index in [4.69, 9.17) is 5.11 Å². The Morgan fingerprint density at radius 1 is 1.12 bits per heavy atom. The summed E-state index contributed by atoms with van der Waals surface area (Å²) in [5.74, 6) is 0.322. The summed E-state index contributed by atoms with van der Waals surface area (Å²) in [5.41, 5.74) is 0. The molecular formula is C6H7OTi+3. The fraction of sp³-hybridized carbons (Fsp3) is 0. The molecule has 0 unspecified atom stereocenters.